The van der Waals surface area contributed by atoms with Gasteiger partial charge in [-0.2, -0.15) is 0 Å². The molecular weight excluding hydrogens is 286 g/mol. The van der Waals surface area contributed by atoms with Crippen LogP contribution in [0.15, 0.2) is 12.4 Å². The van der Waals surface area contributed by atoms with Crippen molar-refractivity contribution in [2.45, 2.75) is 65.5 Å². The molecule has 23 heavy (non-hydrogen) atoms. The number of hydrogen-bond acceptors (Lipinski definition) is 4. The molecule has 124 valence electrons. The Labute approximate surface area is 138 Å². The number of aryl methyl sites for hydroxylation is 2. The maximum atomic E-state index is 4.72. The average Bonchev–Trinajstić information content (AvgIpc) is 3.01. The van der Waals surface area contributed by atoms with Gasteiger partial charge in [-0.3, -0.25) is 4.90 Å². The van der Waals surface area contributed by atoms with Crippen molar-refractivity contribution in [1.29, 1.82) is 0 Å². The van der Waals surface area contributed by atoms with Crippen LogP contribution in [0.4, 0.5) is 0 Å². The molecule has 1 aliphatic rings. The monoisotopic (exact) mass is 313 g/mol. The SMILES string of the molecule is CCCCc1ncc(CN2CCc3nc(CCC)ncc3C2)[nH]1. The fourth-order valence-corrected chi connectivity index (χ4v) is 3.09. The van der Waals surface area contributed by atoms with Gasteiger partial charge in [0.1, 0.15) is 11.6 Å². The first-order chi connectivity index (χ1) is 11.3. The molecule has 5 heteroatoms. The van der Waals surface area contributed by atoms with Crippen LogP contribution in [-0.2, 0) is 32.4 Å². The zero-order valence-electron chi connectivity index (χ0n) is 14.3. The molecule has 5 nitrogen and oxygen atoms in total. The second-order valence-corrected chi connectivity index (χ2v) is 6.43. The van der Waals surface area contributed by atoms with E-state index in [0.29, 0.717) is 0 Å². The Morgan fingerprint density at radius 2 is 2.04 bits per heavy atom. The smallest absolute Gasteiger partial charge is 0.128 e. The summed E-state index contributed by atoms with van der Waals surface area (Å²) in [5.74, 6) is 2.11. The Kier molecular flexibility index (Phi) is 5.39. The molecule has 1 aliphatic heterocycles. The Hall–Kier alpha value is -1.75. The molecule has 2 aromatic rings. The van der Waals surface area contributed by atoms with E-state index in [-0.39, 0.29) is 0 Å². The minimum absolute atomic E-state index is 0.926. The summed E-state index contributed by atoms with van der Waals surface area (Å²) in [5.41, 5.74) is 3.73. The zero-order valence-corrected chi connectivity index (χ0v) is 14.3. The van der Waals surface area contributed by atoms with Crippen molar-refractivity contribution in [2.75, 3.05) is 6.54 Å². The molecule has 0 saturated heterocycles. The lowest BCUT2D eigenvalue weighted by Crippen LogP contribution is -2.31. The number of hydrogen-bond donors (Lipinski definition) is 1. The number of aromatic amines is 1. The second-order valence-electron chi connectivity index (χ2n) is 6.43. The lowest BCUT2D eigenvalue weighted by atomic mass is 10.1. The van der Waals surface area contributed by atoms with Gasteiger partial charge in [0.05, 0.1) is 0 Å². The molecule has 0 radical (unpaired) electrons. The van der Waals surface area contributed by atoms with Crippen molar-refractivity contribution in [3.05, 3.63) is 41.0 Å². The molecule has 0 aromatic carbocycles. The maximum absolute atomic E-state index is 4.72. The third kappa shape index (κ3) is 4.16. The van der Waals surface area contributed by atoms with Crippen LogP contribution in [0.2, 0.25) is 0 Å². The number of H-pyrrole nitrogens is 1. The van der Waals surface area contributed by atoms with E-state index in [9.17, 15) is 0 Å². The topological polar surface area (TPSA) is 57.7 Å². The third-order valence-corrected chi connectivity index (χ3v) is 4.38. The van der Waals surface area contributed by atoms with Crippen molar-refractivity contribution in [3.8, 4) is 0 Å². The van der Waals surface area contributed by atoms with Gasteiger partial charge in [0.15, 0.2) is 0 Å². The Balaban J connectivity index is 1.60. The first-order valence-corrected chi connectivity index (χ1v) is 8.87. The van der Waals surface area contributed by atoms with Gasteiger partial charge in [0.25, 0.3) is 0 Å². The molecule has 1 N–H and O–H groups in total. The fourth-order valence-electron chi connectivity index (χ4n) is 3.09. The first-order valence-electron chi connectivity index (χ1n) is 8.87. The van der Waals surface area contributed by atoms with E-state index in [1.807, 2.05) is 12.4 Å². The van der Waals surface area contributed by atoms with Crippen molar-refractivity contribution >= 4 is 0 Å². The number of aromatic nitrogens is 4. The summed E-state index contributed by atoms with van der Waals surface area (Å²) < 4.78 is 0. The van der Waals surface area contributed by atoms with Gasteiger partial charge in [-0.05, 0) is 12.8 Å². The number of imidazole rings is 1. The van der Waals surface area contributed by atoms with E-state index in [0.717, 1.165) is 57.0 Å². The quantitative estimate of drug-likeness (QED) is 0.853. The lowest BCUT2D eigenvalue weighted by molar-refractivity contribution is 0.240. The fraction of sp³-hybridized carbons (Fsp3) is 0.611. The summed E-state index contributed by atoms with van der Waals surface area (Å²) in [6.45, 7) is 7.30. The summed E-state index contributed by atoms with van der Waals surface area (Å²) >= 11 is 0. The first kappa shape index (κ1) is 16.1. The van der Waals surface area contributed by atoms with E-state index in [2.05, 4.69) is 33.7 Å². The van der Waals surface area contributed by atoms with E-state index < -0.39 is 0 Å². The van der Waals surface area contributed by atoms with Crippen LogP contribution in [0, 0.1) is 0 Å². The maximum Gasteiger partial charge on any atom is 0.128 e. The summed E-state index contributed by atoms with van der Waals surface area (Å²) in [7, 11) is 0. The largest absolute Gasteiger partial charge is 0.345 e. The second kappa shape index (κ2) is 7.68. The van der Waals surface area contributed by atoms with Crippen LogP contribution < -0.4 is 0 Å². The molecule has 3 heterocycles. The molecule has 0 saturated carbocycles. The normalized spacial score (nSPS) is 14.9. The predicted molar refractivity (Wildman–Crippen MR) is 91.0 cm³/mol. The predicted octanol–water partition coefficient (Wildman–Crippen LogP) is 3.05. The molecule has 0 unspecified atom stereocenters. The van der Waals surface area contributed by atoms with Gasteiger partial charge < -0.3 is 4.98 Å². The Morgan fingerprint density at radius 1 is 1.13 bits per heavy atom. The van der Waals surface area contributed by atoms with Crippen LogP contribution in [0.25, 0.3) is 0 Å². The van der Waals surface area contributed by atoms with Crippen LogP contribution >= 0.6 is 0 Å². The highest BCUT2D eigenvalue weighted by atomic mass is 15.1. The van der Waals surface area contributed by atoms with Crippen LogP contribution in [0.5, 0.6) is 0 Å². The molecule has 0 fully saturated rings. The van der Waals surface area contributed by atoms with Gasteiger partial charge in [0, 0.05) is 68.2 Å². The minimum Gasteiger partial charge on any atom is -0.345 e. The number of fused-ring (bicyclic) bond motifs is 1. The van der Waals surface area contributed by atoms with Crippen LogP contribution in [-0.4, -0.2) is 31.4 Å². The van der Waals surface area contributed by atoms with Crippen LogP contribution in [0.1, 0.15) is 61.7 Å². The highest BCUT2D eigenvalue weighted by molar-refractivity contribution is 5.21. The van der Waals surface area contributed by atoms with Gasteiger partial charge in [-0.1, -0.05) is 20.3 Å². The molecular formula is C18H27N5. The molecule has 0 atom stereocenters. The summed E-state index contributed by atoms with van der Waals surface area (Å²) in [6, 6.07) is 0. The molecule has 2 aromatic heterocycles. The Morgan fingerprint density at radius 3 is 2.87 bits per heavy atom. The summed E-state index contributed by atoms with van der Waals surface area (Å²) in [6.07, 6.45) is 10.6. The Bertz CT molecular complexity index is 634. The van der Waals surface area contributed by atoms with E-state index in [1.165, 1.54) is 29.8 Å². The van der Waals surface area contributed by atoms with E-state index in [1.54, 1.807) is 0 Å². The molecule has 0 spiro atoms. The minimum atomic E-state index is 0.926. The number of unbranched alkanes of at least 4 members (excludes halogenated alkanes) is 1. The number of nitrogens with one attached hydrogen (secondary N) is 1. The summed E-state index contributed by atoms with van der Waals surface area (Å²) in [5, 5.41) is 0. The van der Waals surface area contributed by atoms with Gasteiger partial charge in [-0.15, -0.1) is 0 Å². The molecule has 0 amide bonds. The molecule has 0 bridgehead atoms. The standard InChI is InChI=1S/C18H27N5/c1-3-5-7-18-20-11-15(21-18)13-23-9-8-16-14(12-23)10-19-17(22-16)6-4-2/h10-11H,3-9,12-13H2,1-2H3,(H,20,21). The van der Waals surface area contributed by atoms with Crippen molar-refractivity contribution in [1.82, 2.24) is 24.8 Å². The van der Waals surface area contributed by atoms with Crippen molar-refractivity contribution in [3.63, 3.8) is 0 Å². The lowest BCUT2D eigenvalue weighted by Gasteiger charge is -2.27. The highest BCUT2D eigenvalue weighted by Crippen LogP contribution is 2.18. The van der Waals surface area contributed by atoms with Crippen LogP contribution in [0.3, 0.4) is 0 Å². The third-order valence-electron chi connectivity index (χ3n) is 4.38. The zero-order chi connectivity index (χ0) is 16.1. The van der Waals surface area contributed by atoms with Gasteiger partial charge in [-0.25, -0.2) is 15.0 Å². The van der Waals surface area contributed by atoms with Gasteiger partial charge >= 0.3 is 0 Å². The van der Waals surface area contributed by atoms with Crippen molar-refractivity contribution < 1.29 is 0 Å². The van der Waals surface area contributed by atoms with Crippen molar-refractivity contribution in [2.24, 2.45) is 0 Å². The van der Waals surface area contributed by atoms with Gasteiger partial charge in [0.2, 0.25) is 0 Å². The van der Waals surface area contributed by atoms with E-state index >= 15 is 0 Å². The van der Waals surface area contributed by atoms with E-state index in [4.69, 9.17) is 4.98 Å². The molecule has 3 rings (SSSR count). The molecule has 0 aliphatic carbocycles. The highest BCUT2D eigenvalue weighted by Gasteiger charge is 2.19. The average molecular weight is 313 g/mol. The number of nitrogens with zero attached hydrogens (tertiary/aromatic N) is 4. The summed E-state index contributed by atoms with van der Waals surface area (Å²) in [4.78, 5) is 19.6. The number of rotatable bonds is 7.